The molecule has 130 valence electrons. The van der Waals surface area contributed by atoms with Crippen molar-refractivity contribution in [1.29, 1.82) is 0 Å². The van der Waals surface area contributed by atoms with Gasteiger partial charge in [0.1, 0.15) is 0 Å². The fourth-order valence-corrected chi connectivity index (χ4v) is 4.65. The smallest absolute Gasteiger partial charge is 0.227 e. The number of fused-ring (bicyclic) bond motifs is 1. The zero-order chi connectivity index (χ0) is 17.2. The van der Waals surface area contributed by atoms with Gasteiger partial charge in [0.2, 0.25) is 5.91 Å². The lowest BCUT2D eigenvalue weighted by molar-refractivity contribution is -0.135. The van der Waals surface area contributed by atoms with Gasteiger partial charge in [0, 0.05) is 25.7 Å². The molecule has 3 nitrogen and oxygen atoms in total. The Balaban J connectivity index is 1.50. The maximum absolute atomic E-state index is 13.2. The molecule has 3 heteroatoms. The monoisotopic (exact) mass is 334 g/mol. The van der Waals surface area contributed by atoms with E-state index < -0.39 is 0 Å². The van der Waals surface area contributed by atoms with E-state index in [1.807, 2.05) is 30.1 Å². The van der Waals surface area contributed by atoms with Gasteiger partial charge in [0.15, 0.2) is 0 Å². The molecule has 1 amide bonds. The molecule has 2 saturated heterocycles. The minimum absolute atomic E-state index is 0.126. The van der Waals surface area contributed by atoms with Crippen LogP contribution in [0.3, 0.4) is 0 Å². The molecule has 0 spiro atoms. The molecule has 2 aromatic carbocycles. The predicted octanol–water partition coefficient (Wildman–Crippen LogP) is 3.87. The van der Waals surface area contributed by atoms with Gasteiger partial charge in [-0.3, -0.25) is 9.69 Å². The average molecular weight is 334 g/mol. The molecular formula is C22H26N2O. The van der Waals surface area contributed by atoms with Crippen molar-refractivity contribution in [3.05, 3.63) is 71.8 Å². The lowest BCUT2D eigenvalue weighted by atomic mass is 9.93. The largest absolute Gasteiger partial charge is 0.341 e. The van der Waals surface area contributed by atoms with Crippen molar-refractivity contribution >= 4 is 5.91 Å². The number of nitrogens with zero attached hydrogens (tertiary/aromatic N) is 2. The summed E-state index contributed by atoms with van der Waals surface area (Å²) in [7, 11) is 1.95. The van der Waals surface area contributed by atoms with Gasteiger partial charge in [-0.15, -0.1) is 0 Å². The van der Waals surface area contributed by atoms with Crippen molar-refractivity contribution in [1.82, 2.24) is 9.80 Å². The van der Waals surface area contributed by atoms with E-state index in [-0.39, 0.29) is 5.92 Å². The number of benzene rings is 2. The van der Waals surface area contributed by atoms with Crippen LogP contribution in [0.1, 0.15) is 36.4 Å². The van der Waals surface area contributed by atoms with E-state index in [9.17, 15) is 4.79 Å². The summed E-state index contributed by atoms with van der Waals surface area (Å²) in [4.78, 5) is 17.7. The summed E-state index contributed by atoms with van der Waals surface area (Å²) in [5.74, 6) is 0.431. The molecule has 2 aliphatic heterocycles. The summed E-state index contributed by atoms with van der Waals surface area (Å²) in [5, 5.41) is 0. The Hall–Kier alpha value is -2.13. The Bertz CT molecular complexity index is 715. The second-order valence-electron chi connectivity index (χ2n) is 7.40. The Kier molecular flexibility index (Phi) is 4.58. The van der Waals surface area contributed by atoms with Crippen LogP contribution < -0.4 is 0 Å². The Labute approximate surface area is 150 Å². The molecule has 0 bridgehead atoms. The lowest BCUT2D eigenvalue weighted by Gasteiger charge is -2.26. The first-order chi connectivity index (χ1) is 12.2. The van der Waals surface area contributed by atoms with Crippen LogP contribution in [0.2, 0.25) is 0 Å². The van der Waals surface area contributed by atoms with Crippen LogP contribution in [0, 0.1) is 5.92 Å². The maximum Gasteiger partial charge on any atom is 0.227 e. The van der Waals surface area contributed by atoms with Gasteiger partial charge < -0.3 is 4.90 Å². The van der Waals surface area contributed by atoms with E-state index in [0.29, 0.717) is 24.5 Å². The summed E-state index contributed by atoms with van der Waals surface area (Å²) in [6, 6.07) is 21.8. The van der Waals surface area contributed by atoms with Crippen LogP contribution in [-0.4, -0.2) is 35.3 Å². The predicted molar refractivity (Wildman–Crippen MR) is 99.9 cm³/mol. The van der Waals surface area contributed by atoms with Crippen molar-refractivity contribution in [3.8, 4) is 0 Å². The van der Waals surface area contributed by atoms with E-state index in [0.717, 1.165) is 19.4 Å². The first-order valence-electron chi connectivity index (χ1n) is 9.33. The second kappa shape index (κ2) is 7.01. The van der Waals surface area contributed by atoms with Crippen molar-refractivity contribution in [3.63, 3.8) is 0 Å². The first-order valence-corrected chi connectivity index (χ1v) is 9.33. The summed E-state index contributed by atoms with van der Waals surface area (Å²) < 4.78 is 0. The fraction of sp³-hybridized carbons (Fsp3) is 0.409. The normalized spacial score (nSPS) is 25.7. The molecule has 0 aliphatic carbocycles. The lowest BCUT2D eigenvalue weighted by Crippen LogP contribution is -2.38. The van der Waals surface area contributed by atoms with Gasteiger partial charge in [-0.2, -0.15) is 0 Å². The minimum atomic E-state index is 0.126. The second-order valence-corrected chi connectivity index (χ2v) is 7.40. The maximum atomic E-state index is 13.2. The van der Waals surface area contributed by atoms with Crippen LogP contribution in [0.15, 0.2) is 60.7 Å². The third-order valence-corrected chi connectivity index (χ3v) is 5.82. The number of hydrogen-bond acceptors (Lipinski definition) is 2. The molecule has 4 rings (SSSR count). The van der Waals surface area contributed by atoms with Gasteiger partial charge in [-0.25, -0.2) is 0 Å². The molecule has 2 fully saturated rings. The fourth-order valence-electron chi connectivity index (χ4n) is 4.65. The molecule has 0 radical (unpaired) electrons. The van der Waals surface area contributed by atoms with Crippen molar-refractivity contribution < 1.29 is 4.79 Å². The highest BCUT2D eigenvalue weighted by atomic mass is 16.2. The molecule has 0 N–H and O–H groups in total. The highest BCUT2D eigenvalue weighted by Gasteiger charge is 2.47. The highest BCUT2D eigenvalue weighted by Crippen LogP contribution is 2.45. The van der Waals surface area contributed by atoms with Gasteiger partial charge in [0.25, 0.3) is 0 Å². The first kappa shape index (κ1) is 16.3. The third-order valence-electron chi connectivity index (χ3n) is 5.82. The molecular weight excluding hydrogens is 308 g/mol. The van der Waals surface area contributed by atoms with Crippen LogP contribution >= 0.6 is 0 Å². The van der Waals surface area contributed by atoms with Crippen LogP contribution in [0.4, 0.5) is 0 Å². The quantitative estimate of drug-likeness (QED) is 0.847. The Morgan fingerprint density at radius 3 is 2.48 bits per heavy atom. The number of hydrogen-bond donors (Lipinski definition) is 0. The molecule has 2 aromatic rings. The van der Waals surface area contributed by atoms with E-state index in [1.165, 1.54) is 17.5 Å². The van der Waals surface area contributed by atoms with E-state index in [4.69, 9.17) is 0 Å². The topological polar surface area (TPSA) is 23.6 Å². The summed E-state index contributed by atoms with van der Waals surface area (Å²) in [6.07, 6.45) is 3.31. The Morgan fingerprint density at radius 1 is 1.08 bits per heavy atom. The number of carbonyl (C=O) groups excluding carboxylic acids is 1. The average Bonchev–Trinajstić information content (AvgIpc) is 3.25. The highest BCUT2D eigenvalue weighted by molar-refractivity contribution is 5.80. The van der Waals surface area contributed by atoms with Gasteiger partial charge in [-0.1, -0.05) is 60.7 Å². The summed E-state index contributed by atoms with van der Waals surface area (Å²) in [6.45, 7) is 1.81. The van der Waals surface area contributed by atoms with Gasteiger partial charge in [0.05, 0.1) is 5.92 Å². The molecule has 25 heavy (non-hydrogen) atoms. The van der Waals surface area contributed by atoms with E-state index in [1.54, 1.807) is 0 Å². The molecule has 0 aromatic heterocycles. The molecule has 2 heterocycles. The minimum Gasteiger partial charge on any atom is -0.341 e. The number of amides is 1. The zero-order valence-corrected chi connectivity index (χ0v) is 14.8. The summed E-state index contributed by atoms with van der Waals surface area (Å²) in [5.41, 5.74) is 2.55. The molecule has 0 saturated carbocycles. The van der Waals surface area contributed by atoms with Crippen LogP contribution in [-0.2, 0) is 11.3 Å². The van der Waals surface area contributed by atoms with Crippen LogP contribution in [0.5, 0.6) is 0 Å². The SMILES string of the molecule is CN(Cc1ccccc1)C(=O)[C@H]1C[C@@H](c2ccccc2)N2CCC[C@H]12. The number of carbonyl (C=O) groups is 1. The zero-order valence-electron chi connectivity index (χ0n) is 14.8. The molecule has 2 aliphatic rings. The van der Waals surface area contributed by atoms with Crippen LogP contribution in [0.25, 0.3) is 0 Å². The van der Waals surface area contributed by atoms with Gasteiger partial charge >= 0.3 is 0 Å². The standard InChI is InChI=1S/C22H26N2O/c1-23(16-17-9-4-2-5-10-17)22(25)19-15-21(18-11-6-3-7-12-18)24-14-8-13-20(19)24/h2-7,9-12,19-21H,8,13-16H2,1H3/t19-,20+,21-/m0/s1. The van der Waals surface area contributed by atoms with Gasteiger partial charge in [-0.05, 0) is 36.9 Å². The third kappa shape index (κ3) is 3.21. The van der Waals surface area contributed by atoms with Crippen molar-refractivity contribution in [2.75, 3.05) is 13.6 Å². The number of rotatable bonds is 4. The van der Waals surface area contributed by atoms with Crippen molar-refractivity contribution in [2.45, 2.75) is 37.9 Å². The van der Waals surface area contributed by atoms with E-state index >= 15 is 0 Å². The Morgan fingerprint density at radius 2 is 1.76 bits per heavy atom. The molecule has 0 unspecified atom stereocenters. The van der Waals surface area contributed by atoms with E-state index in [2.05, 4.69) is 47.4 Å². The van der Waals surface area contributed by atoms with Crippen molar-refractivity contribution in [2.24, 2.45) is 5.92 Å². The molecule has 3 atom stereocenters. The summed E-state index contributed by atoms with van der Waals surface area (Å²) >= 11 is 0.